The van der Waals surface area contributed by atoms with Gasteiger partial charge in [0.2, 0.25) is 0 Å². The number of benzene rings is 1. The van der Waals surface area contributed by atoms with Crippen molar-refractivity contribution in [2.24, 2.45) is 4.99 Å². The highest BCUT2D eigenvalue weighted by molar-refractivity contribution is 14.0. The van der Waals surface area contributed by atoms with Crippen molar-refractivity contribution in [3.63, 3.8) is 0 Å². The van der Waals surface area contributed by atoms with Crippen LogP contribution in [-0.4, -0.2) is 87.2 Å². The van der Waals surface area contributed by atoms with Crippen LogP contribution in [0.4, 0.5) is 13.2 Å². The molecule has 2 rings (SSSR count). The number of carbonyl (C=O) groups excluding carboxylic acids is 1. The zero-order chi connectivity index (χ0) is 22.9. The molecule has 1 aliphatic rings. The van der Waals surface area contributed by atoms with Gasteiger partial charge in [-0.1, -0.05) is 12.1 Å². The van der Waals surface area contributed by atoms with Crippen molar-refractivity contribution in [2.75, 3.05) is 53.4 Å². The maximum absolute atomic E-state index is 12.6. The Labute approximate surface area is 205 Å². The van der Waals surface area contributed by atoms with Crippen LogP contribution in [0.2, 0.25) is 0 Å². The molecular formula is C21H34F3IN6O. The number of likely N-dealkylation sites (N-methyl/N-ethyl adjacent to an activating group) is 1. The molecule has 1 fully saturated rings. The smallest absolute Gasteiger partial charge is 0.357 e. The quantitative estimate of drug-likeness (QED) is 0.242. The van der Waals surface area contributed by atoms with Gasteiger partial charge in [0.1, 0.15) is 0 Å². The van der Waals surface area contributed by atoms with Crippen LogP contribution in [0, 0.1) is 0 Å². The van der Waals surface area contributed by atoms with E-state index in [1.54, 1.807) is 12.1 Å². The van der Waals surface area contributed by atoms with E-state index >= 15 is 0 Å². The second kappa shape index (κ2) is 13.8. The number of nitrogens with one attached hydrogen (secondary N) is 3. The summed E-state index contributed by atoms with van der Waals surface area (Å²) in [5.41, 5.74) is 1.45. The first-order valence-corrected chi connectivity index (χ1v) is 10.5. The number of aliphatic imine (C=N–C) groups is 1. The minimum Gasteiger partial charge on any atom is -0.357 e. The Balaban J connectivity index is 0.00000512. The third kappa shape index (κ3) is 10.8. The highest BCUT2D eigenvalue weighted by Gasteiger charge is 2.34. The minimum atomic E-state index is -4.18. The Morgan fingerprint density at radius 3 is 2.69 bits per heavy atom. The van der Waals surface area contributed by atoms with Crippen LogP contribution in [0.15, 0.2) is 29.3 Å². The van der Waals surface area contributed by atoms with Crippen molar-refractivity contribution >= 4 is 35.8 Å². The summed E-state index contributed by atoms with van der Waals surface area (Å²) in [7, 11) is 3.89. The summed E-state index contributed by atoms with van der Waals surface area (Å²) >= 11 is 0. The van der Waals surface area contributed by atoms with Gasteiger partial charge in [0.15, 0.2) is 5.96 Å². The number of hydrogen-bond acceptors (Lipinski definition) is 4. The van der Waals surface area contributed by atoms with Crippen LogP contribution >= 0.6 is 24.0 Å². The van der Waals surface area contributed by atoms with Gasteiger partial charge in [0, 0.05) is 44.3 Å². The van der Waals surface area contributed by atoms with Gasteiger partial charge in [0.25, 0.3) is 5.91 Å². The van der Waals surface area contributed by atoms with Gasteiger partial charge in [-0.05, 0) is 45.1 Å². The normalized spacial score (nSPS) is 17.2. The average molecular weight is 570 g/mol. The van der Waals surface area contributed by atoms with Crippen LogP contribution in [0.25, 0.3) is 0 Å². The van der Waals surface area contributed by atoms with Crippen LogP contribution in [0.3, 0.4) is 0 Å². The Bertz CT molecular complexity index is 744. The van der Waals surface area contributed by atoms with Crippen molar-refractivity contribution in [3.05, 3.63) is 35.4 Å². The summed E-state index contributed by atoms with van der Waals surface area (Å²) in [6.07, 6.45) is -3.56. The Hall–Kier alpha value is -1.60. The molecule has 1 atom stereocenters. The first-order valence-electron chi connectivity index (χ1n) is 10.5. The molecule has 1 saturated heterocycles. The molecule has 1 aromatic rings. The minimum absolute atomic E-state index is 0. The molecule has 0 saturated carbocycles. The molecule has 7 nitrogen and oxygen atoms in total. The van der Waals surface area contributed by atoms with E-state index in [1.807, 2.05) is 38.1 Å². The van der Waals surface area contributed by atoms with Gasteiger partial charge in [0.05, 0.1) is 13.1 Å². The summed E-state index contributed by atoms with van der Waals surface area (Å²) in [5, 5.41) is 9.24. The van der Waals surface area contributed by atoms with E-state index in [4.69, 9.17) is 0 Å². The van der Waals surface area contributed by atoms with E-state index in [1.165, 1.54) is 4.90 Å². The van der Waals surface area contributed by atoms with Gasteiger partial charge < -0.3 is 20.9 Å². The summed E-state index contributed by atoms with van der Waals surface area (Å²) in [5.74, 6) is 0.426. The van der Waals surface area contributed by atoms with E-state index in [0.717, 1.165) is 12.1 Å². The molecule has 1 heterocycles. The zero-order valence-corrected chi connectivity index (χ0v) is 21.2. The molecule has 0 spiro atoms. The number of carbonyl (C=O) groups is 1. The standard InChI is InChI=1S/C21H33F3N6O.HI/c1-4-25-20(28-18-8-10-30(14-18)15-21(22,23)24)27-13-16-6-5-7-17(12-16)19(31)26-9-11-29(2)3;/h5-7,12,18H,4,8-11,13-15H2,1-3H3,(H,26,31)(H2,25,27,28);1H. The summed E-state index contributed by atoms with van der Waals surface area (Å²) < 4.78 is 37.8. The molecule has 0 radical (unpaired) electrons. The second-order valence-electron chi connectivity index (χ2n) is 7.93. The van der Waals surface area contributed by atoms with Crippen LogP contribution in [-0.2, 0) is 6.54 Å². The Morgan fingerprint density at radius 1 is 1.28 bits per heavy atom. The molecular weight excluding hydrogens is 536 g/mol. The monoisotopic (exact) mass is 570 g/mol. The lowest BCUT2D eigenvalue weighted by atomic mass is 10.1. The predicted octanol–water partition coefficient (Wildman–Crippen LogP) is 2.29. The third-order valence-corrected chi connectivity index (χ3v) is 4.81. The van der Waals surface area contributed by atoms with E-state index in [0.29, 0.717) is 50.7 Å². The van der Waals surface area contributed by atoms with Gasteiger partial charge in [-0.2, -0.15) is 13.2 Å². The maximum atomic E-state index is 12.6. The van der Waals surface area contributed by atoms with Crippen molar-refractivity contribution in [2.45, 2.75) is 32.1 Å². The summed E-state index contributed by atoms with van der Waals surface area (Å²) in [6, 6.07) is 7.19. The van der Waals surface area contributed by atoms with Crippen molar-refractivity contribution in [3.8, 4) is 0 Å². The van der Waals surface area contributed by atoms with Crippen molar-refractivity contribution in [1.82, 2.24) is 25.8 Å². The number of hydrogen-bond donors (Lipinski definition) is 3. The summed E-state index contributed by atoms with van der Waals surface area (Å²) in [6.45, 7) is 4.09. The van der Waals surface area contributed by atoms with Crippen LogP contribution < -0.4 is 16.0 Å². The SMILES string of the molecule is CCNC(=NCc1cccc(C(=O)NCCN(C)C)c1)NC1CCN(CC(F)(F)F)C1.I. The topological polar surface area (TPSA) is 72.0 Å². The van der Waals surface area contributed by atoms with E-state index in [2.05, 4.69) is 20.9 Å². The van der Waals surface area contributed by atoms with E-state index in [-0.39, 0.29) is 35.9 Å². The number of alkyl halides is 3. The number of likely N-dealkylation sites (tertiary alicyclic amines) is 1. The lowest BCUT2D eigenvalue weighted by Gasteiger charge is -2.19. The number of halogens is 4. The van der Waals surface area contributed by atoms with E-state index < -0.39 is 12.7 Å². The van der Waals surface area contributed by atoms with Gasteiger partial charge in [-0.3, -0.25) is 9.69 Å². The van der Waals surface area contributed by atoms with Crippen molar-refractivity contribution < 1.29 is 18.0 Å². The van der Waals surface area contributed by atoms with Crippen LogP contribution in [0.1, 0.15) is 29.3 Å². The molecule has 0 aliphatic carbocycles. The molecule has 182 valence electrons. The predicted molar refractivity (Wildman–Crippen MR) is 132 cm³/mol. The number of nitrogens with zero attached hydrogens (tertiary/aromatic N) is 3. The molecule has 1 amide bonds. The van der Waals surface area contributed by atoms with Gasteiger partial charge in [-0.15, -0.1) is 24.0 Å². The third-order valence-electron chi connectivity index (χ3n) is 4.81. The number of amides is 1. The highest BCUT2D eigenvalue weighted by Crippen LogP contribution is 2.20. The Kier molecular flexibility index (Phi) is 12.3. The summed E-state index contributed by atoms with van der Waals surface area (Å²) in [4.78, 5) is 20.2. The molecule has 0 bridgehead atoms. The van der Waals surface area contributed by atoms with Crippen molar-refractivity contribution in [1.29, 1.82) is 0 Å². The number of rotatable bonds is 9. The lowest BCUT2D eigenvalue weighted by Crippen LogP contribution is -2.45. The first kappa shape index (κ1) is 28.4. The second-order valence-corrected chi connectivity index (χ2v) is 7.93. The molecule has 1 aliphatic heterocycles. The highest BCUT2D eigenvalue weighted by atomic mass is 127. The molecule has 3 N–H and O–H groups in total. The van der Waals surface area contributed by atoms with E-state index in [9.17, 15) is 18.0 Å². The molecule has 11 heteroatoms. The maximum Gasteiger partial charge on any atom is 0.401 e. The lowest BCUT2D eigenvalue weighted by molar-refractivity contribution is -0.143. The average Bonchev–Trinajstić information content (AvgIpc) is 3.11. The molecule has 1 aromatic carbocycles. The fraction of sp³-hybridized carbons (Fsp3) is 0.619. The largest absolute Gasteiger partial charge is 0.401 e. The number of guanidine groups is 1. The molecule has 1 unspecified atom stereocenters. The molecule has 32 heavy (non-hydrogen) atoms. The Morgan fingerprint density at radius 2 is 2.03 bits per heavy atom. The first-order chi connectivity index (χ1) is 14.7. The fourth-order valence-electron chi connectivity index (χ4n) is 3.34. The van der Waals surface area contributed by atoms with Gasteiger partial charge >= 0.3 is 6.18 Å². The van der Waals surface area contributed by atoms with Gasteiger partial charge in [-0.25, -0.2) is 4.99 Å². The van der Waals surface area contributed by atoms with Crippen LogP contribution in [0.5, 0.6) is 0 Å². The molecule has 0 aromatic heterocycles. The zero-order valence-electron chi connectivity index (χ0n) is 18.8. The fourth-order valence-corrected chi connectivity index (χ4v) is 3.34.